The van der Waals surface area contributed by atoms with E-state index >= 15 is 0 Å². The van der Waals surface area contributed by atoms with Crippen molar-refractivity contribution in [3.63, 3.8) is 0 Å². The number of nitrogens with zero attached hydrogens (tertiary/aromatic N) is 3. The summed E-state index contributed by atoms with van der Waals surface area (Å²) in [6.07, 6.45) is 4.15. The number of hydrogen-bond donors (Lipinski definition) is 0. The maximum absolute atomic E-state index is 5.24. The summed E-state index contributed by atoms with van der Waals surface area (Å²) in [7, 11) is 0. The van der Waals surface area contributed by atoms with Crippen LogP contribution >= 0.6 is 0 Å². The molecule has 2 aliphatic heterocycles. The third-order valence-corrected chi connectivity index (χ3v) is 4.04. The maximum Gasteiger partial charge on any atom is 0.427 e. The fraction of sp³-hybridized carbons (Fsp3) is 0.800. The summed E-state index contributed by atoms with van der Waals surface area (Å²) in [5.41, 5.74) is 0. The zero-order valence-electron chi connectivity index (χ0n) is 8.52. The topological polar surface area (TPSA) is 38.9 Å². The highest BCUT2D eigenvalue weighted by molar-refractivity contribution is 5.25. The van der Waals surface area contributed by atoms with Gasteiger partial charge in [-0.2, -0.15) is 0 Å². The number of piperidine rings is 1. The second-order valence-electron chi connectivity index (χ2n) is 4.67. The van der Waals surface area contributed by atoms with Crippen LogP contribution in [0.25, 0.3) is 0 Å². The molecule has 1 aromatic rings. The SMILES string of the molecule is CCC1C[N+]2(c3ncno3)CCC1C2. The summed E-state index contributed by atoms with van der Waals surface area (Å²) < 4.78 is 6.20. The van der Waals surface area contributed by atoms with Crippen molar-refractivity contribution in [1.29, 1.82) is 0 Å². The van der Waals surface area contributed by atoms with E-state index in [0.29, 0.717) is 0 Å². The van der Waals surface area contributed by atoms with Crippen LogP contribution in [0.1, 0.15) is 19.8 Å². The van der Waals surface area contributed by atoms with E-state index in [2.05, 4.69) is 17.1 Å². The van der Waals surface area contributed by atoms with Crippen LogP contribution in [0.4, 0.5) is 6.01 Å². The molecule has 0 spiro atoms. The Hall–Kier alpha value is -0.900. The average molecular weight is 194 g/mol. The molecule has 0 radical (unpaired) electrons. The van der Waals surface area contributed by atoms with E-state index in [4.69, 9.17) is 4.52 Å². The van der Waals surface area contributed by atoms with Crippen molar-refractivity contribution < 1.29 is 4.52 Å². The van der Waals surface area contributed by atoms with E-state index in [1.165, 1.54) is 38.8 Å². The summed E-state index contributed by atoms with van der Waals surface area (Å²) in [6, 6.07) is 0.837. The molecular weight excluding hydrogens is 178 g/mol. The van der Waals surface area contributed by atoms with Crippen LogP contribution in [0.15, 0.2) is 10.9 Å². The van der Waals surface area contributed by atoms with Crippen molar-refractivity contribution in [2.24, 2.45) is 11.8 Å². The molecule has 76 valence electrons. The zero-order valence-corrected chi connectivity index (χ0v) is 8.52. The lowest BCUT2D eigenvalue weighted by Gasteiger charge is -2.27. The maximum atomic E-state index is 5.24. The largest absolute Gasteiger partial charge is 0.427 e. The van der Waals surface area contributed by atoms with Gasteiger partial charge in [-0.05, 0) is 6.42 Å². The fourth-order valence-corrected chi connectivity index (χ4v) is 3.28. The van der Waals surface area contributed by atoms with Crippen LogP contribution < -0.4 is 4.48 Å². The van der Waals surface area contributed by atoms with Gasteiger partial charge in [-0.15, -0.1) is 4.98 Å². The molecule has 2 fully saturated rings. The fourth-order valence-electron chi connectivity index (χ4n) is 3.28. The van der Waals surface area contributed by atoms with Gasteiger partial charge in [-0.1, -0.05) is 12.1 Å². The molecule has 3 heterocycles. The highest BCUT2D eigenvalue weighted by Crippen LogP contribution is 2.43. The van der Waals surface area contributed by atoms with Crippen molar-refractivity contribution in [3.8, 4) is 0 Å². The zero-order chi connectivity index (χ0) is 9.60. The Balaban J connectivity index is 1.92. The Kier molecular flexibility index (Phi) is 1.68. The van der Waals surface area contributed by atoms with E-state index in [1.807, 2.05) is 0 Å². The van der Waals surface area contributed by atoms with Crippen LogP contribution in [0.2, 0.25) is 0 Å². The van der Waals surface area contributed by atoms with Crippen molar-refractivity contribution in [2.75, 3.05) is 19.6 Å². The molecular formula is C10H16N3O+. The molecule has 2 saturated heterocycles. The number of hydrogen-bond acceptors (Lipinski definition) is 3. The molecule has 1 aromatic heterocycles. The van der Waals surface area contributed by atoms with Gasteiger partial charge in [0, 0.05) is 18.3 Å². The van der Waals surface area contributed by atoms with Gasteiger partial charge >= 0.3 is 6.01 Å². The smallest absolute Gasteiger partial charge is 0.283 e. The van der Waals surface area contributed by atoms with Gasteiger partial charge in [0.1, 0.15) is 0 Å². The Morgan fingerprint density at radius 1 is 1.57 bits per heavy atom. The predicted octanol–water partition coefficient (Wildman–Crippen LogP) is 1.44. The van der Waals surface area contributed by atoms with Crippen molar-refractivity contribution in [2.45, 2.75) is 19.8 Å². The first-order valence-electron chi connectivity index (χ1n) is 5.47. The van der Waals surface area contributed by atoms with E-state index in [0.717, 1.165) is 22.3 Å². The lowest BCUT2D eigenvalue weighted by molar-refractivity contribution is 0.235. The predicted molar refractivity (Wildman–Crippen MR) is 52.6 cm³/mol. The first-order valence-corrected chi connectivity index (χ1v) is 5.47. The molecule has 0 aliphatic carbocycles. The minimum Gasteiger partial charge on any atom is -0.283 e. The standard InChI is InChI=1S/C10H16N3O/c1-2-8-5-13(4-3-9(8)6-13)10-11-7-12-14-10/h7-9H,2-6H2,1H3/q+1. The minimum atomic E-state index is 0.837. The molecule has 4 heteroatoms. The molecule has 0 aromatic carbocycles. The first-order chi connectivity index (χ1) is 6.84. The van der Waals surface area contributed by atoms with Crippen LogP contribution in [-0.2, 0) is 0 Å². The van der Waals surface area contributed by atoms with Gasteiger partial charge < -0.3 is 0 Å². The van der Waals surface area contributed by atoms with E-state index in [-0.39, 0.29) is 0 Å². The third kappa shape index (κ3) is 0.974. The minimum absolute atomic E-state index is 0.837. The summed E-state index contributed by atoms with van der Waals surface area (Å²) in [5, 5.41) is 3.73. The van der Waals surface area contributed by atoms with E-state index in [9.17, 15) is 0 Å². The Bertz CT molecular complexity index is 324. The van der Waals surface area contributed by atoms with Gasteiger partial charge in [0.05, 0.1) is 19.6 Å². The molecule has 0 saturated carbocycles. The van der Waals surface area contributed by atoms with Gasteiger partial charge in [0.25, 0.3) is 0 Å². The molecule has 0 N–H and O–H groups in total. The van der Waals surface area contributed by atoms with Crippen molar-refractivity contribution >= 4 is 6.01 Å². The number of aromatic nitrogens is 2. The number of quaternary nitrogens is 1. The van der Waals surface area contributed by atoms with Crippen molar-refractivity contribution in [1.82, 2.24) is 14.6 Å². The highest BCUT2D eigenvalue weighted by Gasteiger charge is 2.54. The van der Waals surface area contributed by atoms with Crippen LogP contribution in [-0.4, -0.2) is 29.8 Å². The van der Waals surface area contributed by atoms with Crippen LogP contribution in [0, 0.1) is 11.8 Å². The normalized spacial score (nSPS) is 40.6. The van der Waals surface area contributed by atoms with Gasteiger partial charge in [-0.25, -0.2) is 4.48 Å². The van der Waals surface area contributed by atoms with Crippen molar-refractivity contribution in [3.05, 3.63) is 6.33 Å². The quantitative estimate of drug-likeness (QED) is 0.669. The Morgan fingerprint density at radius 3 is 3.14 bits per heavy atom. The van der Waals surface area contributed by atoms with Gasteiger partial charge in [0.2, 0.25) is 0 Å². The average Bonchev–Trinajstić information content (AvgIpc) is 2.92. The molecule has 3 rings (SSSR count). The van der Waals surface area contributed by atoms with E-state index in [1.54, 1.807) is 0 Å². The lowest BCUT2D eigenvalue weighted by Crippen LogP contribution is -2.46. The van der Waals surface area contributed by atoms with E-state index < -0.39 is 0 Å². The van der Waals surface area contributed by atoms with Crippen LogP contribution in [0.5, 0.6) is 0 Å². The summed E-state index contributed by atoms with van der Waals surface area (Å²) in [4.78, 5) is 4.23. The number of rotatable bonds is 2. The molecule has 3 atom stereocenters. The molecule has 2 bridgehead atoms. The lowest BCUT2D eigenvalue weighted by atomic mass is 9.90. The molecule has 0 amide bonds. The van der Waals surface area contributed by atoms with Gasteiger partial charge in [-0.3, -0.25) is 4.52 Å². The molecule has 2 aliphatic rings. The van der Waals surface area contributed by atoms with Crippen LogP contribution in [0.3, 0.4) is 0 Å². The monoisotopic (exact) mass is 194 g/mol. The second-order valence-corrected chi connectivity index (χ2v) is 4.67. The third-order valence-electron chi connectivity index (χ3n) is 4.04. The molecule has 3 unspecified atom stereocenters. The summed E-state index contributed by atoms with van der Waals surface area (Å²) in [5.74, 6) is 1.77. The summed E-state index contributed by atoms with van der Waals surface area (Å²) >= 11 is 0. The molecule has 4 nitrogen and oxygen atoms in total. The Morgan fingerprint density at radius 2 is 2.50 bits per heavy atom. The summed E-state index contributed by atoms with van der Waals surface area (Å²) in [6.45, 7) is 5.92. The van der Waals surface area contributed by atoms with Gasteiger partial charge in [0.15, 0.2) is 6.33 Å². The second kappa shape index (κ2) is 2.79. The molecule has 14 heavy (non-hydrogen) atoms. The first kappa shape index (κ1) is 8.41. The number of fused-ring (bicyclic) bond motifs is 2. The Labute approximate surface area is 83.5 Å². The highest BCUT2D eigenvalue weighted by atomic mass is 16.5.